The molecule has 39 heavy (non-hydrogen) atoms. The van der Waals surface area contributed by atoms with E-state index in [1.807, 2.05) is 56.3 Å². The number of nitrogens with zero attached hydrogens (tertiary/aromatic N) is 1. The van der Waals surface area contributed by atoms with Crippen LogP contribution in [0.3, 0.4) is 0 Å². The molecule has 0 spiro atoms. The fourth-order valence-corrected chi connectivity index (χ4v) is 5.83. The summed E-state index contributed by atoms with van der Waals surface area (Å²) in [5, 5.41) is 11.1. The number of esters is 1. The van der Waals surface area contributed by atoms with Crippen molar-refractivity contribution in [2.45, 2.75) is 26.2 Å². The van der Waals surface area contributed by atoms with E-state index in [2.05, 4.69) is 6.07 Å². The Labute approximate surface area is 234 Å². The van der Waals surface area contributed by atoms with Gasteiger partial charge in [-0.25, -0.2) is 4.79 Å². The van der Waals surface area contributed by atoms with Crippen molar-refractivity contribution in [3.63, 3.8) is 0 Å². The SMILES string of the molecule is CCCOc1ccc(C2C(C#N)=C(N)Oc3cc(OC(=O)c4sc5ccccc5c4Cl)ccc32)cc1OCC. The average molecular weight is 561 g/mol. The molecule has 9 heteroatoms. The third kappa shape index (κ3) is 5.11. The van der Waals surface area contributed by atoms with Gasteiger partial charge < -0.3 is 24.7 Å². The summed E-state index contributed by atoms with van der Waals surface area (Å²) in [6, 6.07) is 20.3. The highest BCUT2D eigenvalue weighted by Crippen LogP contribution is 2.45. The molecular weight excluding hydrogens is 536 g/mol. The predicted octanol–water partition coefficient (Wildman–Crippen LogP) is 7.18. The molecule has 2 N–H and O–H groups in total. The van der Waals surface area contributed by atoms with Gasteiger partial charge in [0, 0.05) is 21.7 Å². The first-order valence-corrected chi connectivity index (χ1v) is 13.6. The number of carbonyl (C=O) groups excluding carboxylic acids is 1. The minimum Gasteiger partial charge on any atom is -0.490 e. The molecule has 3 aromatic carbocycles. The molecule has 7 nitrogen and oxygen atoms in total. The molecule has 1 unspecified atom stereocenters. The van der Waals surface area contributed by atoms with Crippen LogP contribution < -0.4 is 24.7 Å². The zero-order valence-corrected chi connectivity index (χ0v) is 22.9. The van der Waals surface area contributed by atoms with Crippen LogP contribution in [0.4, 0.5) is 0 Å². The van der Waals surface area contributed by atoms with Gasteiger partial charge in [0.2, 0.25) is 5.88 Å². The number of fused-ring (bicyclic) bond motifs is 2. The van der Waals surface area contributed by atoms with Gasteiger partial charge in [-0.1, -0.05) is 48.9 Å². The van der Waals surface area contributed by atoms with Crippen molar-refractivity contribution >= 4 is 39.0 Å². The molecule has 2 heterocycles. The Bertz CT molecular complexity index is 1640. The van der Waals surface area contributed by atoms with E-state index in [1.54, 1.807) is 18.2 Å². The second kappa shape index (κ2) is 11.3. The number of rotatable bonds is 8. The van der Waals surface area contributed by atoms with Gasteiger partial charge in [-0.2, -0.15) is 5.26 Å². The first kappa shape index (κ1) is 26.4. The lowest BCUT2D eigenvalue weighted by molar-refractivity contribution is 0.0740. The second-order valence-electron chi connectivity index (χ2n) is 8.74. The number of allylic oxidation sites excluding steroid dienone is 1. The van der Waals surface area contributed by atoms with Crippen LogP contribution in [-0.2, 0) is 0 Å². The number of hydrogen-bond donors (Lipinski definition) is 1. The van der Waals surface area contributed by atoms with E-state index in [-0.39, 0.29) is 17.2 Å². The highest BCUT2D eigenvalue weighted by Gasteiger charge is 2.32. The van der Waals surface area contributed by atoms with Crippen LogP contribution in [0, 0.1) is 11.3 Å². The number of halogens is 1. The molecular formula is C30H25ClN2O5S. The van der Waals surface area contributed by atoms with Gasteiger partial charge in [-0.15, -0.1) is 11.3 Å². The zero-order valence-electron chi connectivity index (χ0n) is 21.3. The maximum absolute atomic E-state index is 13.0. The molecule has 0 fully saturated rings. The summed E-state index contributed by atoms with van der Waals surface area (Å²) in [7, 11) is 0. The molecule has 0 bridgehead atoms. The molecule has 4 aromatic rings. The largest absolute Gasteiger partial charge is 0.490 e. The fraction of sp³-hybridized carbons (Fsp3) is 0.200. The minimum atomic E-state index is -0.571. The normalized spacial score (nSPS) is 14.4. The molecule has 1 aliphatic rings. The Hall–Kier alpha value is -4.19. The highest BCUT2D eigenvalue weighted by atomic mass is 35.5. The van der Waals surface area contributed by atoms with Gasteiger partial charge in [-0.05, 0) is 43.2 Å². The Morgan fingerprint density at radius 2 is 1.92 bits per heavy atom. The van der Waals surface area contributed by atoms with Crippen LogP contribution in [0.5, 0.6) is 23.0 Å². The number of carbonyl (C=O) groups is 1. The van der Waals surface area contributed by atoms with E-state index in [9.17, 15) is 10.1 Å². The third-order valence-electron chi connectivity index (χ3n) is 6.18. The molecule has 1 atom stereocenters. The van der Waals surface area contributed by atoms with Crippen molar-refractivity contribution in [1.29, 1.82) is 5.26 Å². The quantitative estimate of drug-likeness (QED) is 0.180. The Morgan fingerprint density at radius 3 is 2.67 bits per heavy atom. The molecule has 1 aromatic heterocycles. The average Bonchev–Trinajstić information content (AvgIpc) is 3.28. The summed E-state index contributed by atoms with van der Waals surface area (Å²) in [6.07, 6.45) is 0.862. The maximum Gasteiger partial charge on any atom is 0.355 e. The van der Waals surface area contributed by atoms with E-state index in [0.717, 1.165) is 22.1 Å². The lowest BCUT2D eigenvalue weighted by Gasteiger charge is -2.27. The standard InChI is InChI=1S/C30H25ClN2O5S/c1-3-13-36-22-12-9-17(14-24(22)35-4-2)26-19-11-10-18(15-23(19)38-29(33)21(26)16-32)37-30(34)28-27(31)20-7-5-6-8-25(20)39-28/h5-12,14-15,26H,3-4,13,33H2,1-2H3. The van der Waals surface area contributed by atoms with Gasteiger partial charge in [0.1, 0.15) is 28.0 Å². The zero-order chi connectivity index (χ0) is 27.5. The first-order chi connectivity index (χ1) is 18.9. The van der Waals surface area contributed by atoms with Gasteiger partial charge in [0.05, 0.1) is 24.2 Å². The van der Waals surface area contributed by atoms with Crippen LogP contribution >= 0.6 is 22.9 Å². The van der Waals surface area contributed by atoms with Crippen LogP contribution in [-0.4, -0.2) is 19.2 Å². The van der Waals surface area contributed by atoms with E-state index in [4.69, 9.17) is 36.3 Å². The summed E-state index contributed by atoms with van der Waals surface area (Å²) in [5.41, 5.74) is 7.94. The van der Waals surface area contributed by atoms with Crippen molar-refractivity contribution in [2.75, 3.05) is 13.2 Å². The van der Waals surface area contributed by atoms with Gasteiger partial charge in [-0.3, -0.25) is 0 Å². The fourth-order valence-electron chi connectivity index (χ4n) is 4.44. The molecule has 0 saturated heterocycles. The Balaban J connectivity index is 1.48. The predicted molar refractivity (Wildman–Crippen MR) is 151 cm³/mol. The Kier molecular flexibility index (Phi) is 7.64. The summed E-state index contributed by atoms with van der Waals surface area (Å²) < 4.78 is 24.0. The smallest absolute Gasteiger partial charge is 0.355 e. The van der Waals surface area contributed by atoms with Crippen LogP contribution in [0.1, 0.15) is 47.0 Å². The molecule has 0 aliphatic carbocycles. The lowest BCUT2D eigenvalue weighted by atomic mass is 9.83. The van der Waals surface area contributed by atoms with Gasteiger partial charge >= 0.3 is 5.97 Å². The van der Waals surface area contributed by atoms with E-state index >= 15 is 0 Å². The van der Waals surface area contributed by atoms with E-state index in [1.165, 1.54) is 11.3 Å². The van der Waals surface area contributed by atoms with Gasteiger partial charge in [0.25, 0.3) is 0 Å². The summed E-state index contributed by atoms with van der Waals surface area (Å²) in [4.78, 5) is 13.3. The van der Waals surface area contributed by atoms with Crippen LogP contribution in [0.2, 0.25) is 5.02 Å². The van der Waals surface area contributed by atoms with E-state index in [0.29, 0.717) is 45.9 Å². The molecule has 0 radical (unpaired) electrons. The number of thiophene rings is 1. The summed E-state index contributed by atoms with van der Waals surface area (Å²) in [6.45, 7) is 4.94. The molecule has 198 valence electrons. The van der Waals surface area contributed by atoms with E-state index < -0.39 is 11.9 Å². The minimum absolute atomic E-state index is 0.0182. The lowest BCUT2D eigenvalue weighted by Crippen LogP contribution is -2.21. The number of nitrogens with two attached hydrogens (primary N) is 1. The van der Waals surface area contributed by atoms with Crippen molar-refractivity contribution in [3.8, 4) is 29.1 Å². The highest BCUT2D eigenvalue weighted by molar-refractivity contribution is 7.21. The molecule has 0 amide bonds. The molecule has 0 saturated carbocycles. The van der Waals surface area contributed by atoms with Crippen LogP contribution in [0.15, 0.2) is 72.1 Å². The van der Waals surface area contributed by atoms with Crippen molar-refractivity contribution in [3.05, 3.63) is 93.1 Å². The monoisotopic (exact) mass is 560 g/mol. The molecule has 5 rings (SSSR count). The van der Waals surface area contributed by atoms with Crippen molar-refractivity contribution in [2.24, 2.45) is 5.73 Å². The molecule has 1 aliphatic heterocycles. The number of benzene rings is 3. The number of hydrogen-bond acceptors (Lipinski definition) is 8. The summed E-state index contributed by atoms with van der Waals surface area (Å²) >= 11 is 7.73. The maximum atomic E-state index is 13.0. The Morgan fingerprint density at radius 1 is 1.10 bits per heavy atom. The second-order valence-corrected chi connectivity index (χ2v) is 10.2. The summed E-state index contributed by atoms with van der Waals surface area (Å²) in [5.74, 6) is 0.755. The number of ether oxygens (including phenoxy) is 4. The van der Waals surface area contributed by atoms with Gasteiger partial charge in [0.15, 0.2) is 11.5 Å². The van der Waals surface area contributed by atoms with Crippen LogP contribution in [0.25, 0.3) is 10.1 Å². The topological polar surface area (TPSA) is 104 Å². The third-order valence-corrected chi connectivity index (χ3v) is 7.84. The van der Waals surface area contributed by atoms with Crippen molar-refractivity contribution in [1.82, 2.24) is 0 Å². The first-order valence-electron chi connectivity index (χ1n) is 12.4. The van der Waals surface area contributed by atoms with Crippen molar-refractivity contribution < 1.29 is 23.7 Å². The number of nitriles is 1.